The summed E-state index contributed by atoms with van der Waals surface area (Å²) in [6.45, 7) is 2.85. The fourth-order valence-corrected chi connectivity index (χ4v) is 3.59. The highest BCUT2D eigenvalue weighted by Gasteiger charge is 2.41. The van der Waals surface area contributed by atoms with Crippen molar-refractivity contribution in [3.05, 3.63) is 60.3 Å². The monoisotopic (exact) mass is 334 g/mol. The van der Waals surface area contributed by atoms with Crippen LogP contribution in [-0.2, 0) is 16.1 Å². The number of rotatable bonds is 3. The summed E-state index contributed by atoms with van der Waals surface area (Å²) in [5.41, 5.74) is 2.37. The van der Waals surface area contributed by atoms with E-state index in [1.165, 1.54) is 17.0 Å². The molecule has 1 aliphatic rings. The largest absolute Gasteiger partial charge is 0.508 e. The number of phenolic OH excluding ortho intramolecular Hbond substituents is 1. The van der Waals surface area contributed by atoms with E-state index in [2.05, 4.69) is 11.5 Å². The van der Waals surface area contributed by atoms with Crippen molar-refractivity contribution in [2.75, 3.05) is 4.90 Å². The van der Waals surface area contributed by atoms with Gasteiger partial charge in [-0.15, -0.1) is 0 Å². The van der Waals surface area contributed by atoms with E-state index in [-0.39, 0.29) is 24.0 Å². The molecule has 5 nitrogen and oxygen atoms in total. The van der Waals surface area contributed by atoms with Crippen LogP contribution in [-0.4, -0.2) is 21.5 Å². The van der Waals surface area contributed by atoms with Crippen molar-refractivity contribution in [2.24, 2.45) is 0 Å². The van der Waals surface area contributed by atoms with E-state index in [9.17, 15) is 14.7 Å². The van der Waals surface area contributed by atoms with Gasteiger partial charge in [-0.05, 0) is 30.7 Å². The Hall–Kier alpha value is -3.08. The molecule has 0 spiro atoms. The van der Waals surface area contributed by atoms with Crippen LogP contribution >= 0.6 is 0 Å². The van der Waals surface area contributed by atoms with Gasteiger partial charge in [0.15, 0.2) is 0 Å². The van der Waals surface area contributed by atoms with Gasteiger partial charge in [0, 0.05) is 36.1 Å². The van der Waals surface area contributed by atoms with E-state index >= 15 is 0 Å². The molecule has 0 saturated carbocycles. The van der Waals surface area contributed by atoms with Crippen molar-refractivity contribution in [1.29, 1.82) is 0 Å². The van der Waals surface area contributed by atoms with Crippen molar-refractivity contribution in [1.82, 2.24) is 4.57 Å². The molecule has 2 heterocycles. The number of hydrogen-bond acceptors (Lipinski definition) is 3. The van der Waals surface area contributed by atoms with Crippen LogP contribution in [0.15, 0.2) is 54.7 Å². The normalized spacial score (nSPS) is 17.6. The molecular weight excluding hydrogens is 316 g/mol. The summed E-state index contributed by atoms with van der Waals surface area (Å²) in [5, 5.41) is 10.7. The van der Waals surface area contributed by atoms with E-state index in [4.69, 9.17) is 0 Å². The predicted molar refractivity (Wildman–Crippen MR) is 95.6 cm³/mol. The van der Waals surface area contributed by atoms with Gasteiger partial charge in [-0.2, -0.15) is 0 Å². The van der Waals surface area contributed by atoms with Crippen LogP contribution in [0.5, 0.6) is 5.75 Å². The summed E-state index contributed by atoms with van der Waals surface area (Å²) in [6, 6.07) is 14.2. The Morgan fingerprint density at radius 3 is 2.68 bits per heavy atom. The Balaban J connectivity index is 1.78. The molecule has 4 rings (SSSR count). The Morgan fingerprint density at radius 2 is 1.92 bits per heavy atom. The van der Waals surface area contributed by atoms with Gasteiger partial charge in [-0.3, -0.25) is 9.59 Å². The summed E-state index contributed by atoms with van der Waals surface area (Å²) >= 11 is 0. The molecular formula is C20H18N2O3. The van der Waals surface area contributed by atoms with Gasteiger partial charge in [0.2, 0.25) is 11.8 Å². The number of carbonyl (C=O) groups excluding carboxylic acids is 2. The molecule has 1 atom stereocenters. The standard InChI is InChI=1S/C20H18N2O3/c1-2-21-12-17(15-8-3-4-9-18(15)21)16-11-19(24)22(20(16)25)13-6-5-7-14(23)10-13/h3-10,12,16,23H,2,11H2,1H3/t16-/m1/s1. The van der Waals surface area contributed by atoms with Gasteiger partial charge in [-0.25, -0.2) is 4.90 Å². The maximum atomic E-state index is 13.0. The molecule has 1 aromatic heterocycles. The fraction of sp³-hybridized carbons (Fsp3) is 0.200. The first-order valence-corrected chi connectivity index (χ1v) is 8.33. The Bertz CT molecular complexity index is 990. The zero-order valence-corrected chi connectivity index (χ0v) is 13.8. The van der Waals surface area contributed by atoms with Gasteiger partial charge in [0.25, 0.3) is 0 Å². The Labute approximate surface area is 145 Å². The van der Waals surface area contributed by atoms with Gasteiger partial charge in [0.1, 0.15) is 5.75 Å². The topological polar surface area (TPSA) is 62.5 Å². The van der Waals surface area contributed by atoms with E-state index in [1.807, 2.05) is 30.5 Å². The zero-order chi connectivity index (χ0) is 17.6. The summed E-state index contributed by atoms with van der Waals surface area (Å²) in [5.74, 6) is -0.944. The number of para-hydroxylation sites is 1. The first-order chi connectivity index (χ1) is 12.1. The number of hydrogen-bond donors (Lipinski definition) is 1. The average molecular weight is 334 g/mol. The Morgan fingerprint density at radius 1 is 1.12 bits per heavy atom. The molecule has 126 valence electrons. The minimum atomic E-state index is -0.493. The van der Waals surface area contributed by atoms with Crippen LogP contribution in [0.1, 0.15) is 24.8 Å². The summed E-state index contributed by atoms with van der Waals surface area (Å²) < 4.78 is 2.10. The number of aromatic nitrogens is 1. The quantitative estimate of drug-likeness (QED) is 0.747. The molecule has 3 aromatic rings. The predicted octanol–water partition coefficient (Wildman–Crippen LogP) is 3.41. The lowest BCUT2D eigenvalue weighted by Crippen LogP contribution is -2.29. The van der Waals surface area contributed by atoms with Crippen LogP contribution in [0, 0.1) is 0 Å². The number of benzene rings is 2. The highest BCUT2D eigenvalue weighted by atomic mass is 16.3. The van der Waals surface area contributed by atoms with Crippen molar-refractivity contribution in [3.63, 3.8) is 0 Å². The number of nitrogens with zero attached hydrogens (tertiary/aromatic N) is 2. The number of anilines is 1. The van der Waals surface area contributed by atoms with Crippen molar-refractivity contribution in [2.45, 2.75) is 25.8 Å². The smallest absolute Gasteiger partial charge is 0.241 e. The minimum absolute atomic E-state index is 0.0316. The number of fused-ring (bicyclic) bond motifs is 1. The van der Waals surface area contributed by atoms with Crippen LogP contribution < -0.4 is 4.90 Å². The molecule has 1 N–H and O–H groups in total. The second-order valence-corrected chi connectivity index (χ2v) is 6.23. The third-order valence-corrected chi connectivity index (χ3v) is 4.77. The molecule has 2 amide bonds. The van der Waals surface area contributed by atoms with Crippen molar-refractivity contribution in [3.8, 4) is 5.75 Å². The molecule has 0 bridgehead atoms. The average Bonchev–Trinajstić information content (AvgIpc) is 3.12. The van der Waals surface area contributed by atoms with E-state index < -0.39 is 5.92 Å². The highest BCUT2D eigenvalue weighted by Crippen LogP contribution is 2.37. The molecule has 25 heavy (non-hydrogen) atoms. The highest BCUT2D eigenvalue weighted by molar-refractivity contribution is 6.23. The van der Waals surface area contributed by atoms with Gasteiger partial charge in [-0.1, -0.05) is 24.3 Å². The van der Waals surface area contributed by atoms with E-state index in [1.54, 1.807) is 12.1 Å². The van der Waals surface area contributed by atoms with Crippen molar-refractivity contribution < 1.29 is 14.7 Å². The third-order valence-electron chi connectivity index (χ3n) is 4.77. The van der Waals surface area contributed by atoms with Crippen LogP contribution in [0.3, 0.4) is 0 Å². The number of aromatic hydroxyl groups is 1. The lowest BCUT2D eigenvalue weighted by Gasteiger charge is -2.15. The fourth-order valence-electron chi connectivity index (χ4n) is 3.59. The lowest BCUT2D eigenvalue weighted by molar-refractivity contribution is -0.121. The Kier molecular flexibility index (Phi) is 3.57. The summed E-state index contributed by atoms with van der Waals surface area (Å²) in [4.78, 5) is 26.7. The molecule has 0 unspecified atom stereocenters. The minimum Gasteiger partial charge on any atom is -0.508 e. The lowest BCUT2D eigenvalue weighted by atomic mass is 9.97. The second-order valence-electron chi connectivity index (χ2n) is 6.23. The first-order valence-electron chi connectivity index (χ1n) is 8.33. The molecule has 0 aliphatic carbocycles. The van der Waals surface area contributed by atoms with Crippen molar-refractivity contribution >= 4 is 28.4 Å². The van der Waals surface area contributed by atoms with Gasteiger partial charge >= 0.3 is 0 Å². The number of carbonyl (C=O) groups is 2. The number of imide groups is 1. The zero-order valence-electron chi connectivity index (χ0n) is 13.8. The first kappa shape index (κ1) is 15.4. The van der Waals surface area contributed by atoms with Gasteiger partial charge in [0.05, 0.1) is 11.6 Å². The maximum Gasteiger partial charge on any atom is 0.241 e. The third kappa shape index (κ3) is 2.39. The van der Waals surface area contributed by atoms with Gasteiger partial charge < -0.3 is 9.67 Å². The molecule has 1 fully saturated rings. The summed E-state index contributed by atoms with van der Waals surface area (Å²) in [7, 11) is 0. The SMILES string of the molecule is CCn1cc([C@H]2CC(=O)N(c3cccc(O)c3)C2=O)c2ccccc21. The molecule has 1 aliphatic heterocycles. The molecule has 2 aromatic carbocycles. The van der Waals surface area contributed by atoms with Crippen LogP contribution in [0.25, 0.3) is 10.9 Å². The van der Waals surface area contributed by atoms with E-state index in [0.29, 0.717) is 5.69 Å². The second kappa shape index (κ2) is 5.77. The number of amides is 2. The molecule has 1 saturated heterocycles. The molecule has 5 heteroatoms. The summed E-state index contributed by atoms with van der Waals surface area (Å²) in [6.07, 6.45) is 2.12. The number of phenols is 1. The van der Waals surface area contributed by atoms with Crippen LogP contribution in [0.2, 0.25) is 0 Å². The van der Waals surface area contributed by atoms with E-state index in [0.717, 1.165) is 23.0 Å². The number of aryl methyl sites for hydroxylation is 1. The van der Waals surface area contributed by atoms with Crippen LogP contribution in [0.4, 0.5) is 5.69 Å². The molecule has 0 radical (unpaired) electrons. The maximum absolute atomic E-state index is 13.0.